The van der Waals surface area contributed by atoms with E-state index in [1.807, 2.05) is 0 Å². The van der Waals surface area contributed by atoms with Crippen LogP contribution in [0.5, 0.6) is 0 Å². The SMILES string of the molecule is O=S(=O)(CC1CCCC1)N1CC(Nc2nc(-c3c[nH]c4ncc(Cl)cc34)ncc2F)C1. The lowest BCUT2D eigenvalue weighted by Gasteiger charge is -2.39. The predicted molar refractivity (Wildman–Crippen MR) is 117 cm³/mol. The fourth-order valence-corrected chi connectivity index (χ4v) is 6.40. The molecule has 1 saturated carbocycles. The summed E-state index contributed by atoms with van der Waals surface area (Å²) in [6.45, 7) is 0.612. The highest BCUT2D eigenvalue weighted by Gasteiger charge is 2.37. The first-order chi connectivity index (χ1) is 14.9. The highest BCUT2D eigenvalue weighted by atomic mass is 35.5. The Balaban J connectivity index is 1.29. The molecule has 0 unspecified atom stereocenters. The van der Waals surface area contributed by atoms with Crippen molar-refractivity contribution in [2.75, 3.05) is 24.2 Å². The number of rotatable bonds is 6. The van der Waals surface area contributed by atoms with Gasteiger partial charge in [0.25, 0.3) is 0 Å². The van der Waals surface area contributed by atoms with Gasteiger partial charge in [0.05, 0.1) is 23.0 Å². The molecule has 0 bridgehead atoms. The number of hydrogen-bond acceptors (Lipinski definition) is 6. The summed E-state index contributed by atoms with van der Waals surface area (Å²) in [5, 5.41) is 4.23. The zero-order chi connectivity index (χ0) is 21.6. The van der Waals surface area contributed by atoms with E-state index in [1.165, 1.54) is 10.5 Å². The summed E-state index contributed by atoms with van der Waals surface area (Å²) in [5.41, 5.74) is 1.28. The van der Waals surface area contributed by atoms with Crippen LogP contribution in [0.1, 0.15) is 25.7 Å². The molecule has 5 rings (SSSR count). The van der Waals surface area contributed by atoms with Crippen LogP contribution in [0.25, 0.3) is 22.4 Å². The molecule has 2 N–H and O–H groups in total. The number of aromatic amines is 1. The lowest BCUT2D eigenvalue weighted by Crippen LogP contribution is -2.57. The molecule has 0 atom stereocenters. The number of nitrogens with zero attached hydrogens (tertiary/aromatic N) is 4. The highest BCUT2D eigenvalue weighted by molar-refractivity contribution is 7.89. The van der Waals surface area contributed by atoms with Crippen LogP contribution < -0.4 is 5.32 Å². The highest BCUT2D eigenvalue weighted by Crippen LogP contribution is 2.30. The average Bonchev–Trinajstić information content (AvgIpc) is 3.34. The Hall–Kier alpha value is -2.30. The molecule has 3 aromatic rings. The van der Waals surface area contributed by atoms with Crippen molar-refractivity contribution in [3.8, 4) is 11.4 Å². The minimum Gasteiger partial charge on any atom is -0.362 e. The van der Waals surface area contributed by atoms with Gasteiger partial charge in [-0.2, -0.15) is 4.31 Å². The van der Waals surface area contributed by atoms with E-state index in [4.69, 9.17) is 11.6 Å². The summed E-state index contributed by atoms with van der Waals surface area (Å²) in [5.74, 6) is 0.254. The van der Waals surface area contributed by atoms with E-state index in [0.717, 1.165) is 37.3 Å². The number of pyridine rings is 1. The van der Waals surface area contributed by atoms with Crippen molar-refractivity contribution >= 4 is 38.5 Å². The van der Waals surface area contributed by atoms with E-state index in [9.17, 15) is 12.8 Å². The molecule has 0 spiro atoms. The molecule has 0 aromatic carbocycles. The minimum atomic E-state index is -3.27. The van der Waals surface area contributed by atoms with Crippen LogP contribution in [-0.4, -0.2) is 57.5 Å². The van der Waals surface area contributed by atoms with Crippen molar-refractivity contribution in [3.63, 3.8) is 0 Å². The van der Waals surface area contributed by atoms with Crippen molar-refractivity contribution in [1.29, 1.82) is 0 Å². The molecule has 1 aliphatic heterocycles. The third-order valence-corrected chi connectivity index (χ3v) is 8.17. The zero-order valence-electron chi connectivity index (χ0n) is 16.7. The summed E-state index contributed by atoms with van der Waals surface area (Å²) in [6, 6.07) is 1.55. The van der Waals surface area contributed by atoms with Gasteiger partial charge in [-0.25, -0.2) is 27.8 Å². The largest absolute Gasteiger partial charge is 0.362 e. The molecule has 2 aliphatic rings. The van der Waals surface area contributed by atoms with Crippen LogP contribution in [0.15, 0.2) is 24.7 Å². The van der Waals surface area contributed by atoms with Crippen molar-refractivity contribution < 1.29 is 12.8 Å². The second kappa shape index (κ2) is 7.99. The fourth-order valence-electron chi connectivity index (χ4n) is 4.29. The Morgan fingerprint density at radius 1 is 1.23 bits per heavy atom. The molecule has 4 heterocycles. The molecule has 3 aromatic heterocycles. The number of nitrogens with one attached hydrogen (secondary N) is 2. The number of H-pyrrole nitrogens is 1. The first kappa shape index (κ1) is 20.6. The molecular formula is C20H22ClFN6O2S. The van der Waals surface area contributed by atoms with Gasteiger partial charge in [0.15, 0.2) is 17.5 Å². The topological polar surface area (TPSA) is 104 Å². The molecule has 1 saturated heterocycles. The minimum absolute atomic E-state index is 0.0483. The maximum absolute atomic E-state index is 14.4. The van der Waals surface area contributed by atoms with E-state index in [0.29, 0.717) is 35.1 Å². The second-order valence-corrected chi connectivity index (χ2v) is 10.7. The van der Waals surface area contributed by atoms with Crippen LogP contribution in [-0.2, 0) is 10.0 Å². The van der Waals surface area contributed by atoms with Gasteiger partial charge < -0.3 is 10.3 Å². The standard InChI is InChI=1S/C20H22ClFN6O2S/c21-13-5-15-16(7-24-18(15)23-6-13)19-25-8-17(22)20(27-19)26-14-9-28(10-14)31(29,30)11-12-3-1-2-4-12/h5-8,12,14H,1-4,9-11H2,(H,23,24)(H,25,26,27). The van der Waals surface area contributed by atoms with Crippen LogP contribution in [0, 0.1) is 11.7 Å². The number of sulfonamides is 1. The molecule has 0 amide bonds. The first-order valence-corrected chi connectivity index (χ1v) is 12.3. The normalized spacial score (nSPS) is 18.5. The molecule has 8 nitrogen and oxygen atoms in total. The van der Waals surface area contributed by atoms with Crippen molar-refractivity contribution in [2.45, 2.75) is 31.7 Å². The smallest absolute Gasteiger partial charge is 0.214 e. The van der Waals surface area contributed by atoms with E-state index >= 15 is 0 Å². The van der Waals surface area contributed by atoms with E-state index < -0.39 is 15.8 Å². The summed E-state index contributed by atoms with van der Waals surface area (Å²) >= 11 is 6.05. The maximum atomic E-state index is 14.4. The zero-order valence-corrected chi connectivity index (χ0v) is 18.3. The second-order valence-electron chi connectivity index (χ2n) is 8.23. The molecular weight excluding hydrogens is 443 g/mol. The predicted octanol–water partition coefficient (Wildman–Crippen LogP) is 3.43. The third kappa shape index (κ3) is 4.11. The lowest BCUT2D eigenvalue weighted by atomic mass is 10.1. The Morgan fingerprint density at radius 3 is 2.77 bits per heavy atom. The molecule has 2 fully saturated rings. The molecule has 11 heteroatoms. The van der Waals surface area contributed by atoms with E-state index in [-0.39, 0.29) is 23.5 Å². The molecule has 1 aliphatic carbocycles. The van der Waals surface area contributed by atoms with Crippen molar-refractivity contribution in [3.05, 3.63) is 35.5 Å². The van der Waals surface area contributed by atoms with E-state index in [2.05, 4.69) is 25.3 Å². The third-order valence-electron chi connectivity index (χ3n) is 5.99. The number of anilines is 1. The number of aromatic nitrogens is 4. The summed E-state index contributed by atoms with van der Waals surface area (Å²) < 4.78 is 41.0. The number of halogens is 2. The van der Waals surface area contributed by atoms with E-state index in [1.54, 1.807) is 12.3 Å². The fraction of sp³-hybridized carbons (Fsp3) is 0.450. The van der Waals surface area contributed by atoms with Gasteiger partial charge in [-0.3, -0.25) is 0 Å². The molecule has 0 radical (unpaired) electrons. The number of hydrogen-bond donors (Lipinski definition) is 2. The van der Waals surface area contributed by atoms with Crippen LogP contribution in [0.3, 0.4) is 0 Å². The Labute approximate surface area is 184 Å². The van der Waals surface area contributed by atoms with Crippen molar-refractivity contribution in [1.82, 2.24) is 24.2 Å². The quantitative estimate of drug-likeness (QED) is 0.579. The Kier molecular flexibility index (Phi) is 5.31. The van der Waals surface area contributed by atoms with Crippen LogP contribution in [0.4, 0.5) is 10.2 Å². The maximum Gasteiger partial charge on any atom is 0.214 e. The van der Waals surface area contributed by atoms with Crippen LogP contribution in [0.2, 0.25) is 5.02 Å². The average molecular weight is 465 g/mol. The van der Waals surface area contributed by atoms with Gasteiger partial charge in [-0.1, -0.05) is 24.4 Å². The van der Waals surface area contributed by atoms with Gasteiger partial charge in [0.1, 0.15) is 5.65 Å². The lowest BCUT2D eigenvalue weighted by molar-refractivity contribution is 0.277. The summed E-state index contributed by atoms with van der Waals surface area (Å²) in [6.07, 6.45) is 8.53. The van der Waals surface area contributed by atoms with Gasteiger partial charge in [-0.05, 0) is 24.8 Å². The van der Waals surface area contributed by atoms with Crippen LogP contribution >= 0.6 is 11.6 Å². The number of fused-ring (bicyclic) bond motifs is 1. The van der Waals surface area contributed by atoms with Crippen molar-refractivity contribution in [2.24, 2.45) is 5.92 Å². The van der Waals surface area contributed by atoms with Gasteiger partial charge >= 0.3 is 0 Å². The molecule has 31 heavy (non-hydrogen) atoms. The summed E-state index contributed by atoms with van der Waals surface area (Å²) in [4.78, 5) is 15.7. The molecule has 164 valence electrons. The Bertz CT molecular complexity index is 1220. The monoisotopic (exact) mass is 464 g/mol. The first-order valence-electron chi connectivity index (χ1n) is 10.3. The van der Waals surface area contributed by atoms with Gasteiger partial charge in [-0.15, -0.1) is 0 Å². The van der Waals surface area contributed by atoms with Gasteiger partial charge in [0, 0.05) is 36.4 Å². The van der Waals surface area contributed by atoms with Gasteiger partial charge in [0.2, 0.25) is 10.0 Å². The Morgan fingerprint density at radius 2 is 2.00 bits per heavy atom. The summed E-state index contributed by atoms with van der Waals surface area (Å²) in [7, 11) is -3.27.